The third-order valence-corrected chi connectivity index (χ3v) is 4.97. The van der Waals surface area contributed by atoms with Crippen LogP contribution < -0.4 is 5.32 Å². The van der Waals surface area contributed by atoms with Crippen molar-refractivity contribution in [3.05, 3.63) is 38.3 Å². The normalized spacial score (nSPS) is 18.2. The fourth-order valence-electron chi connectivity index (χ4n) is 2.84. The van der Waals surface area contributed by atoms with Gasteiger partial charge in [0.1, 0.15) is 0 Å². The van der Waals surface area contributed by atoms with Crippen LogP contribution >= 0.6 is 15.9 Å². The Morgan fingerprint density at radius 2 is 1.95 bits per heavy atom. The number of halogens is 1. The Kier molecular flexibility index (Phi) is 5.72. The summed E-state index contributed by atoms with van der Waals surface area (Å²) in [5.41, 5.74) is 0.271. The highest BCUT2D eigenvalue weighted by atomic mass is 79.9. The minimum Gasteiger partial charge on any atom is -0.389 e. The molecule has 6 heteroatoms. The molecule has 0 spiro atoms. The lowest BCUT2D eigenvalue weighted by atomic mass is 9.94. The first-order valence-electron chi connectivity index (χ1n) is 7.37. The summed E-state index contributed by atoms with van der Waals surface area (Å²) in [4.78, 5) is 10.5. The van der Waals surface area contributed by atoms with Crippen molar-refractivity contribution in [3.8, 4) is 0 Å². The monoisotopic (exact) mass is 356 g/mol. The SMILES string of the molecule is O=[N+]([O-])c1cccc(CNCC2(O)CCCCCC2)c1Br. The largest absolute Gasteiger partial charge is 0.389 e. The van der Waals surface area contributed by atoms with Gasteiger partial charge in [0.15, 0.2) is 0 Å². The average Bonchev–Trinajstić information content (AvgIpc) is 2.65. The van der Waals surface area contributed by atoms with E-state index in [-0.39, 0.29) is 5.69 Å². The summed E-state index contributed by atoms with van der Waals surface area (Å²) in [7, 11) is 0. The van der Waals surface area contributed by atoms with E-state index >= 15 is 0 Å². The van der Waals surface area contributed by atoms with Gasteiger partial charge in [-0.1, -0.05) is 37.8 Å². The Labute approximate surface area is 133 Å². The second-order valence-corrected chi connectivity index (χ2v) is 6.54. The summed E-state index contributed by atoms with van der Waals surface area (Å²) in [6, 6.07) is 5.01. The van der Waals surface area contributed by atoms with Gasteiger partial charge in [0.05, 0.1) is 15.0 Å². The molecule has 0 bridgehead atoms. The Morgan fingerprint density at radius 3 is 2.57 bits per heavy atom. The van der Waals surface area contributed by atoms with Crippen LogP contribution in [-0.2, 0) is 6.54 Å². The zero-order valence-electron chi connectivity index (χ0n) is 12.0. The highest BCUT2D eigenvalue weighted by Gasteiger charge is 2.27. The van der Waals surface area contributed by atoms with Crippen molar-refractivity contribution in [1.82, 2.24) is 5.32 Å². The number of nitro benzene ring substituents is 1. The quantitative estimate of drug-likeness (QED) is 0.480. The fraction of sp³-hybridized carbons (Fsp3) is 0.600. The van der Waals surface area contributed by atoms with Crippen LogP contribution in [0, 0.1) is 10.1 Å². The van der Waals surface area contributed by atoms with E-state index in [9.17, 15) is 15.2 Å². The third-order valence-electron chi connectivity index (χ3n) is 4.06. The van der Waals surface area contributed by atoms with Gasteiger partial charge in [0.25, 0.3) is 5.69 Å². The summed E-state index contributed by atoms with van der Waals surface area (Å²) in [6.07, 6.45) is 6.18. The van der Waals surface area contributed by atoms with E-state index in [0.29, 0.717) is 17.6 Å². The van der Waals surface area contributed by atoms with Crippen LogP contribution in [0.4, 0.5) is 5.69 Å². The molecule has 0 amide bonds. The lowest BCUT2D eigenvalue weighted by molar-refractivity contribution is -0.385. The molecule has 0 heterocycles. The zero-order chi connectivity index (χ0) is 15.3. The molecule has 0 radical (unpaired) electrons. The van der Waals surface area contributed by atoms with Gasteiger partial charge in [-0.15, -0.1) is 0 Å². The zero-order valence-corrected chi connectivity index (χ0v) is 13.6. The van der Waals surface area contributed by atoms with Gasteiger partial charge in [-0.3, -0.25) is 10.1 Å². The molecule has 1 aromatic carbocycles. The Bertz CT molecular complexity index is 500. The molecule has 116 valence electrons. The van der Waals surface area contributed by atoms with Crippen LogP contribution in [0.3, 0.4) is 0 Å². The number of aliphatic hydroxyl groups is 1. The molecule has 0 aromatic heterocycles. The molecule has 2 rings (SSSR count). The van der Waals surface area contributed by atoms with Crippen LogP contribution in [0.5, 0.6) is 0 Å². The number of benzene rings is 1. The molecule has 5 nitrogen and oxygen atoms in total. The first kappa shape index (κ1) is 16.4. The van der Waals surface area contributed by atoms with Gasteiger partial charge in [-0.2, -0.15) is 0 Å². The van der Waals surface area contributed by atoms with E-state index < -0.39 is 10.5 Å². The van der Waals surface area contributed by atoms with Crippen LogP contribution in [0.15, 0.2) is 22.7 Å². The molecule has 1 aromatic rings. The lowest BCUT2D eigenvalue weighted by Crippen LogP contribution is -2.39. The molecular formula is C15H21BrN2O3. The molecule has 0 saturated heterocycles. The van der Waals surface area contributed by atoms with E-state index in [4.69, 9.17) is 0 Å². The van der Waals surface area contributed by atoms with Crippen molar-refractivity contribution in [3.63, 3.8) is 0 Å². The molecule has 1 saturated carbocycles. The maximum Gasteiger partial charge on any atom is 0.283 e. The van der Waals surface area contributed by atoms with Gasteiger partial charge in [0.2, 0.25) is 0 Å². The van der Waals surface area contributed by atoms with E-state index in [1.54, 1.807) is 6.07 Å². The standard InChI is InChI=1S/C15H21BrN2O3/c16-14-12(6-5-7-13(14)18(20)21)10-17-11-15(19)8-3-1-2-4-9-15/h5-7,17,19H,1-4,8-11H2. The van der Waals surface area contributed by atoms with Crippen molar-refractivity contribution < 1.29 is 10.0 Å². The third kappa shape index (κ3) is 4.49. The number of nitro groups is 1. The van der Waals surface area contributed by atoms with Gasteiger partial charge in [-0.25, -0.2) is 0 Å². The Morgan fingerprint density at radius 1 is 1.29 bits per heavy atom. The first-order valence-corrected chi connectivity index (χ1v) is 8.16. The maximum absolute atomic E-state index is 10.9. The molecule has 21 heavy (non-hydrogen) atoms. The highest BCUT2D eigenvalue weighted by molar-refractivity contribution is 9.10. The maximum atomic E-state index is 10.9. The Balaban J connectivity index is 1.94. The smallest absolute Gasteiger partial charge is 0.283 e. The summed E-state index contributed by atoms with van der Waals surface area (Å²) in [6.45, 7) is 1.03. The second kappa shape index (κ2) is 7.33. The predicted octanol–water partition coefficient (Wildman–Crippen LogP) is 3.53. The number of hydrogen-bond donors (Lipinski definition) is 2. The number of hydrogen-bond acceptors (Lipinski definition) is 4. The van der Waals surface area contributed by atoms with Crippen LogP contribution in [0.2, 0.25) is 0 Å². The van der Waals surface area contributed by atoms with Crippen molar-refractivity contribution in [2.24, 2.45) is 0 Å². The topological polar surface area (TPSA) is 75.4 Å². The van der Waals surface area contributed by atoms with Crippen LogP contribution in [0.25, 0.3) is 0 Å². The molecule has 1 aliphatic rings. The molecule has 2 N–H and O–H groups in total. The van der Waals surface area contributed by atoms with Crippen LogP contribution in [0.1, 0.15) is 44.1 Å². The van der Waals surface area contributed by atoms with E-state index in [2.05, 4.69) is 21.2 Å². The second-order valence-electron chi connectivity index (χ2n) is 5.75. The highest BCUT2D eigenvalue weighted by Crippen LogP contribution is 2.29. The summed E-state index contributed by atoms with van der Waals surface area (Å²) >= 11 is 3.29. The fourth-order valence-corrected chi connectivity index (χ4v) is 3.39. The number of nitrogens with one attached hydrogen (secondary N) is 1. The number of nitrogens with zero attached hydrogens (tertiary/aromatic N) is 1. The molecule has 0 aliphatic heterocycles. The lowest BCUT2D eigenvalue weighted by Gasteiger charge is -2.27. The van der Waals surface area contributed by atoms with Gasteiger partial charge < -0.3 is 10.4 Å². The van der Waals surface area contributed by atoms with Crippen LogP contribution in [-0.4, -0.2) is 22.2 Å². The summed E-state index contributed by atoms with van der Waals surface area (Å²) < 4.78 is 0.510. The van der Waals surface area contributed by atoms with Crippen molar-refractivity contribution in [1.29, 1.82) is 0 Å². The van der Waals surface area contributed by atoms with Crippen molar-refractivity contribution in [2.45, 2.75) is 50.7 Å². The predicted molar refractivity (Wildman–Crippen MR) is 85.2 cm³/mol. The number of rotatable bonds is 5. The van der Waals surface area contributed by atoms with Crippen molar-refractivity contribution in [2.75, 3.05) is 6.54 Å². The Hall–Kier alpha value is -0.980. The summed E-state index contributed by atoms with van der Waals surface area (Å²) in [5, 5.41) is 24.7. The molecule has 1 aliphatic carbocycles. The molecule has 0 atom stereocenters. The summed E-state index contributed by atoms with van der Waals surface area (Å²) in [5.74, 6) is 0. The van der Waals surface area contributed by atoms with Gasteiger partial charge in [0, 0.05) is 19.2 Å². The van der Waals surface area contributed by atoms with E-state index in [0.717, 1.165) is 31.2 Å². The first-order chi connectivity index (χ1) is 10.0. The van der Waals surface area contributed by atoms with Gasteiger partial charge in [-0.05, 0) is 34.3 Å². The van der Waals surface area contributed by atoms with Gasteiger partial charge >= 0.3 is 0 Å². The van der Waals surface area contributed by atoms with E-state index in [1.807, 2.05) is 6.07 Å². The minimum absolute atomic E-state index is 0.0717. The minimum atomic E-state index is -0.635. The molecule has 1 fully saturated rings. The van der Waals surface area contributed by atoms with E-state index in [1.165, 1.54) is 18.9 Å². The molecule has 0 unspecified atom stereocenters. The molecular weight excluding hydrogens is 336 g/mol. The average molecular weight is 357 g/mol. The van der Waals surface area contributed by atoms with Crippen molar-refractivity contribution >= 4 is 21.6 Å².